The number of carbonyl (C=O) groups excluding carboxylic acids is 2. The van der Waals surface area contributed by atoms with Gasteiger partial charge in [0.25, 0.3) is 11.1 Å². The Morgan fingerprint density at radius 2 is 1.86 bits per heavy atom. The maximum absolute atomic E-state index is 12.8. The lowest BCUT2D eigenvalue weighted by Crippen LogP contribution is -2.32. The van der Waals surface area contributed by atoms with Crippen molar-refractivity contribution in [2.45, 2.75) is 13.5 Å². The molecule has 5 nitrogen and oxygen atoms in total. The van der Waals surface area contributed by atoms with E-state index >= 15 is 0 Å². The van der Waals surface area contributed by atoms with Gasteiger partial charge in [-0.2, -0.15) is 0 Å². The number of aryl methyl sites for hydroxylation is 1. The van der Waals surface area contributed by atoms with Crippen LogP contribution in [0.15, 0.2) is 70.0 Å². The highest BCUT2D eigenvalue weighted by molar-refractivity contribution is 9.10. The molecule has 0 aliphatic carbocycles. The number of hydrogen-bond donors (Lipinski definition) is 0. The summed E-state index contributed by atoms with van der Waals surface area (Å²) in [6.07, 6.45) is 1.69. The van der Waals surface area contributed by atoms with E-state index in [9.17, 15) is 9.59 Å². The quantitative estimate of drug-likeness (QED) is 0.250. The monoisotopic (exact) mass is 591 g/mol. The van der Waals surface area contributed by atoms with Gasteiger partial charge in [-0.05, 0) is 88.2 Å². The van der Waals surface area contributed by atoms with Crippen LogP contribution >= 0.6 is 50.9 Å². The van der Waals surface area contributed by atoms with Crippen molar-refractivity contribution in [3.05, 3.63) is 96.8 Å². The minimum atomic E-state index is -0.332. The van der Waals surface area contributed by atoms with Crippen molar-refractivity contribution >= 4 is 68.1 Å². The summed E-state index contributed by atoms with van der Waals surface area (Å²) in [5, 5.41) is 0.783. The fraction of sp³-hybridized carbons (Fsp3) is 0.154. The fourth-order valence-corrected chi connectivity index (χ4v) is 5.16. The third-order valence-corrected chi connectivity index (χ3v) is 7.21. The van der Waals surface area contributed by atoms with Gasteiger partial charge in [-0.1, -0.05) is 47.5 Å². The topological polar surface area (TPSA) is 55.8 Å². The average molecular weight is 593 g/mol. The molecule has 4 rings (SSSR count). The summed E-state index contributed by atoms with van der Waals surface area (Å²) in [6, 6.07) is 18.3. The third-order valence-electron chi connectivity index (χ3n) is 5.10. The Hall–Kier alpha value is -2.45. The molecule has 180 valence electrons. The minimum Gasteiger partial charge on any atom is -0.492 e. The summed E-state index contributed by atoms with van der Waals surface area (Å²) in [5.74, 6) is 0.995. The van der Waals surface area contributed by atoms with E-state index in [0.717, 1.165) is 28.5 Å². The Balaban J connectivity index is 1.37. The number of thioether (sulfide) groups is 1. The van der Waals surface area contributed by atoms with Crippen LogP contribution in [0, 0.1) is 6.92 Å². The highest BCUT2D eigenvalue weighted by atomic mass is 79.9. The highest BCUT2D eigenvalue weighted by Crippen LogP contribution is 2.34. The summed E-state index contributed by atoms with van der Waals surface area (Å²) in [6.45, 7) is 2.65. The molecule has 1 heterocycles. The smallest absolute Gasteiger partial charge is 0.293 e. The first-order chi connectivity index (χ1) is 16.8. The van der Waals surface area contributed by atoms with Crippen LogP contribution in [0.3, 0.4) is 0 Å². The molecule has 1 fully saturated rings. The molecule has 0 aromatic heterocycles. The molecule has 0 atom stereocenters. The Bertz CT molecular complexity index is 1310. The van der Waals surface area contributed by atoms with Crippen molar-refractivity contribution in [3.63, 3.8) is 0 Å². The van der Waals surface area contributed by atoms with Crippen LogP contribution in [0.2, 0.25) is 10.0 Å². The van der Waals surface area contributed by atoms with Crippen molar-refractivity contribution in [3.8, 4) is 11.5 Å². The van der Waals surface area contributed by atoms with Crippen LogP contribution < -0.4 is 9.47 Å². The van der Waals surface area contributed by atoms with Crippen molar-refractivity contribution in [1.29, 1.82) is 0 Å². The van der Waals surface area contributed by atoms with Gasteiger partial charge in [0.15, 0.2) is 0 Å². The lowest BCUT2D eigenvalue weighted by atomic mass is 10.2. The SMILES string of the molecule is Cc1cccc(OCCN2C(=O)S/C(=C\c3ccc(OCc4ccc(Cl)cc4Cl)c(Br)c3)C2=O)c1. The maximum atomic E-state index is 12.8. The highest BCUT2D eigenvalue weighted by Gasteiger charge is 2.34. The van der Waals surface area contributed by atoms with Gasteiger partial charge in [-0.25, -0.2) is 0 Å². The van der Waals surface area contributed by atoms with E-state index in [1.807, 2.05) is 49.4 Å². The summed E-state index contributed by atoms with van der Waals surface area (Å²) in [5.41, 5.74) is 2.65. The van der Waals surface area contributed by atoms with E-state index in [0.29, 0.717) is 30.9 Å². The Kier molecular flexibility index (Phi) is 8.44. The van der Waals surface area contributed by atoms with Crippen molar-refractivity contribution in [1.82, 2.24) is 4.90 Å². The van der Waals surface area contributed by atoms with Gasteiger partial charge in [0.05, 0.1) is 15.9 Å². The normalized spacial score (nSPS) is 14.6. The third kappa shape index (κ3) is 6.61. The van der Waals surface area contributed by atoms with E-state index in [4.69, 9.17) is 32.7 Å². The van der Waals surface area contributed by atoms with Gasteiger partial charge >= 0.3 is 0 Å². The second-order valence-electron chi connectivity index (χ2n) is 7.71. The number of nitrogens with zero attached hydrogens (tertiary/aromatic N) is 1. The van der Waals surface area contributed by atoms with Crippen LogP contribution in [0.4, 0.5) is 4.79 Å². The molecule has 0 bridgehead atoms. The number of rotatable bonds is 8. The molecular weight excluding hydrogens is 573 g/mol. The first kappa shape index (κ1) is 25.6. The summed E-state index contributed by atoms with van der Waals surface area (Å²) in [7, 11) is 0. The van der Waals surface area contributed by atoms with Gasteiger partial charge in [0, 0.05) is 15.6 Å². The predicted molar refractivity (Wildman–Crippen MR) is 144 cm³/mol. The summed E-state index contributed by atoms with van der Waals surface area (Å²) < 4.78 is 12.3. The fourth-order valence-electron chi connectivity index (χ4n) is 3.32. The molecule has 0 unspecified atom stereocenters. The zero-order valence-corrected chi connectivity index (χ0v) is 22.5. The Morgan fingerprint density at radius 3 is 2.60 bits per heavy atom. The largest absolute Gasteiger partial charge is 0.492 e. The molecule has 1 aliphatic rings. The van der Waals surface area contributed by atoms with Gasteiger partial charge in [-0.15, -0.1) is 0 Å². The molecule has 0 N–H and O–H groups in total. The molecule has 2 amide bonds. The van der Waals surface area contributed by atoms with E-state index in [2.05, 4.69) is 15.9 Å². The molecule has 0 saturated carbocycles. The summed E-state index contributed by atoms with van der Waals surface area (Å²) in [4.78, 5) is 26.7. The van der Waals surface area contributed by atoms with Gasteiger partial charge in [0.1, 0.15) is 24.7 Å². The van der Waals surface area contributed by atoms with E-state index in [-0.39, 0.29) is 30.9 Å². The number of imide groups is 1. The zero-order chi connectivity index (χ0) is 24.9. The van der Waals surface area contributed by atoms with E-state index in [1.165, 1.54) is 4.90 Å². The molecule has 0 spiro atoms. The molecular formula is C26H20BrCl2NO4S. The number of halogens is 3. The summed E-state index contributed by atoms with van der Waals surface area (Å²) >= 11 is 16.6. The van der Waals surface area contributed by atoms with Crippen LogP contribution in [-0.2, 0) is 11.4 Å². The van der Waals surface area contributed by atoms with E-state index < -0.39 is 0 Å². The Labute approximate surface area is 226 Å². The minimum absolute atomic E-state index is 0.180. The molecule has 0 radical (unpaired) electrons. The van der Waals surface area contributed by atoms with Crippen molar-refractivity contribution in [2.24, 2.45) is 0 Å². The number of benzene rings is 3. The average Bonchev–Trinajstić information content (AvgIpc) is 3.07. The van der Waals surface area contributed by atoms with Crippen molar-refractivity contribution in [2.75, 3.05) is 13.2 Å². The van der Waals surface area contributed by atoms with Crippen LogP contribution in [0.25, 0.3) is 6.08 Å². The number of hydrogen-bond acceptors (Lipinski definition) is 5. The number of carbonyl (C=O) groups is 2. The number of ether oxygens (including phenoxy) is 2. The Morgan fingerprint density at radius 1 is 1.03 bits per heavy atom. The lowest BCUT2D eigenvalue weighted by Gasteiger charge is -2.13. The molecule has 1 aliphatic heterocycles. The first-order valence-electron chi connectivity index (χ1n) is 10.6. The number of amides is 2. The zero-order valence-electron chi connectivity index (χ0n) is 18.6. The first-order valence-corrected chi connectivity index (χ1v) is 13.0. The van der Waals surface area contributed by atoms with Crippen LogP contribution in [-0.4, -0.2) is 29.2 Å². The second kappa shape index (κ2) is 11.5. The van der Waals surface area contributed by atoms with Gasteiger partial charge < -0.3 is 9.47 Å². The lowest BCUT2D eigenvalue weighted by molar-refractivity contribution is -0.123. The van der Waals surface area contributed by atoms with Crippen LogP contribution in [0.1, 0.15) is 16.7 Å². The molecule has 35 heavy (non-hydrogen) atoms. The molecule has 3 aromatic carbocycles. The maximum Gasteiger partial charge on any atom is 0.293 e. The predicted octanol–water partition coefficient (Wildman–Crippen LogP) is 7.76. The molecule has 9 heteroatoms. The van der Waals surface area contributed by atoms with Gasteiger partial charge in [0.2, 0.25) is 0 Å². The molecule has 1 saturated heterocycles. The standard InChI is InChI=1S/C26H20BrCl2NO4S/c1-16-3-2-4-20(11-16)33-10-9-30-25(31)24(35-26(30)32)13-17-5-8-23(21(27)12-17)34-15-18-6-7-19(28)14-22(18)29/h2-8,11-14H,9-10,15H2,1H3/b24-13-. The van der Waals surface area contributed by atoms with E-state index in [1.54, 1.807) is 24.3 Å². The van der Waals surface area contributed by atoms with Crippen molar-refractivity contribution < 1.29 is 19.1 Å². The van der Waals surface area contributed by atoms with Gasteiger partial charge in [-0.3, -0.25) is 14.5 Å². The second-order valence-corrected chi connectivity index (χ2v) is 10.4. The molecule has 3 aromatic rings. The van der Waals surface area contributed by atoms with Crippen LogP contribution in [0.5, 0.6) is 11.5 Å².